The van der Waals surface area contributed by atoms with Crippen molar-refractivity contribution in [1.82, 2.24) is 19.9 Å². The molecule has 0 aliphatic heterocycles. The molecule has 3 heterocycles. The third-order valence-corrected chi connectivity index (χ3v) is 5.34. The minimum absolute atomic E-state index is 0.259. The molecule has 5 aromatic rings. The molecule has 0 spiro atoms. The van der Waals surface area contributed by atoms with Gasteiger partial charge in [0.2, 0.25) is 0 Å². The van der Waals surface area contributed by atoms with Gasteiger partial charge in [0, 0.05) is 25.0 Å². The van der Waals surface area contributed by atoms with Crippen molar-refractivity contribution in [3.63, 3.8) is 0 Å². The maximum absolute atomic E-state index is 10.7. The van der Waals surface area contributed by atoms with Crippen molar-refractivity contribution in [3.05, 3.63) is 72.3 Å². The number of halogens is 1. The van der Waals surface area contributed by atoms with Crippen molar-refractivity contribution in [2.24, 2.45) is 0 Å². The van der Waals surface area contributed by atoms with E-state index in [0.29, 0.717) is 34.6 Å². The van der Waals surface area contributed by atoms with Gasteiger partial charge in [-0.15, -0.1) is 0 Å². The van der Waals surface area contributed by atoms with Gasteiger partial charge in [-0.25, -0.2) is 14.8 Å². The van der Waals surface area contributed by atoms with Gasteiger partial charge in [-0.1, -0.05) is 17.7 Å². The Balaban J connectivity index is 1.39. The Morgan fingerprint density at radius 2 is 2.06 bits per heavy atom. The zero-order valence-electron chi connectivity index (χ0n) is 17.2. The number of rotatable bonds is 7. The fourth-order valence-electron chi connectivity index (χ4n) is 3.57. The maximum atomic E-state index is 10.7. The van der Waals surface area contributed by atoms with Crippen LogP contribution in [0.25, 0.3) is 22.0 Å². The van der Waals surface area contributed by atoms with Gasteiger partial charge < -0.3 is 29.5 Å². The number of hydrogen-bond donors (Lipinski definition) is 3. The van der Waals surface area contributed by atoms with Gasteiger partial charge in [0.1, 0.15) is 28.9 Å². The van der Waals surface area contributed by atoms with Gasteiger partial charge in [0.05, 0.1) is 22.2 Å². The largest absolute Gasteiger partial charge is 0.465 e. The lowest BCUT2D eigenvalue weighted by molar-refractivity contribution is 0.194. The summed E-state index contributed by atoms with van der Waals surface area (Å²) >= 11 is 6.51. The van der Waals surface area contributed by atoms with E-state index in [0.717, 1.165) is 22.0 Å². The highest BCUT2D eigenvalue weighted by molar-refractivity contribution is 6.32. The summed E-state index contributed by atoms with van der Waals surface area (Å²) in [5.41, 5.74) is 2.94. The van der Waals surface area contributed by atoms with Crippen molar-refractivity contribution in [2.45, 2.75) is 6.54 Å². The number of fused-ring (bicyclic) bond motifs is 2. The Labute approximate surface area is 192 Å². The van der Waals surface area contributed by atoms with E-state index >= 15 is 0 Å². The van der Waals surface area contributed by atoms with Gasteiger partial charge in [0.25, 0.3) is 0 Å². The Morgan fingerprint density at radius 3 is 2.91 bits per heavy atom. The predicted molar refractivity (Wildman–Crippen MR) is 125 cm³/mol. The molecule has 0 aliphatic carbocycles. The molecule has 3 aromatic heterocycles. The predicted octanol–water partition coefficient (Wildman–Crippen LogP) is 5.63. The fourth-order valence-corrected chi connectivity index (χ4v) is 3.78. The van der Waals surface area contributed by atoms with Crippen LogP contribution in [0.4, 0.5) is 16.3 Å². The second kappa shape index (κ2) is 8.71. The third-order valence-electron chi connectivity index (χ3n) is 5.05. The summed E-state index contributed by atoms with van der Waals surface area (Å²) in [5.74, 6) is 1.73. The summed E-state index contributed by atoms with van der Waals surface area (Å²) < 4.78 is 13.3. The molecule has 0 unspecified atom stereocenters. The molecule has 1 amide bonds. The van der Waals surface area contributed by atoms with Gasteiger partial charge in [-0.3, -0.25) is 0 Å². The van der Waals surface area contributed by atoms with E-state index in [2.05, 4.69) is 20.6 Å². The van der Waals surface area contributed by atoms with Crippen molar-refractivity contribution >= 4 is 51.2 Å². The molecular weight excluding hydrogens is 446 g/mol. The molecule has 0 radical (unpaired) electrons. The second-order valence-electron chi connectivity index (χ2n) is 7.16. The zero-order chi connectivity index (χ0) is 22.8. The average molecular weight is 464 g/mol. The van der Waals surface area contributed by atoms with Crippen LogP contribution in [0.3, 0.4) is 0 Å². The van der Waals surface area contributed by atoms with E-state index in [1.165, 1.54) is 6.33 Å². The molecule has 166 valence electrons. The molecule has 9 nitrogen and oxygen atoms in total. The van der Waals surface area contributed by atoms with Crippen LogP contribution in [0.2, 0.25) is 5.02 Å². The lowest BCUT2D eigenvalue weighted by atomic mass is 10.2. The number of carboxylic acid groups (broad SMARTS) is 1. The van der Waals surface area contributed by atoms with E-state index in [1.54, 1.807) is 18.4 Å². The molecule has 0 fully saturated rings. The number of aromatic nitrogens is 3. The molecule has 33 heavy (non-hydrogen) atoms. The number of nitrogens with zero attached hydrogens (tertiary/aromatic N) is 3. The summed E-state index contributed by atoms with van der Waals surface area (Å²) in [7, 11) is 0. The molecule has 0 bridgehead atoms. The normalized spacial score (nSPS) is 11.1. The lowest BCUT2D eigenvalue weighted by Gasteiger charge is -2.13. The number of anilines is 2. The number of nitrogens with one attached hydrogen (secondary N) is 2. The van der Waals surface area contributed by atoms with Crippen LogP contribution in [0.15, 0.2) is 71.7 Å². The summed E-state index contributed by atoms with van der Waals surface area (Å²) in [6.45, 7) is 0.694. The highest BCUT2D eigenvalue weighted by Gasteiger charge is 2.12. The van der Waals surface area contributed by atoms with Crippen molar-refractivity contribution < 1.29 is 19.1 Å². The molecule has 2 aromatic carbocycles. The summed E-state index contributed by atoms with van der Waals surface area (Å²) in [4.78, 5) is 19.4. The highest BCUT2D eigenvalue weighted by atomic mass is 35.5. The quantitative estimate of drug-likeness (QED) is 0.286. The minimum Gasteiger partial charge on any atom is -0.465 e. The van der Waals surface area contributed by atoms with Gasteiger partial charge in [0.15, 0.2) is 5.82 Å². The maximum Gasteiger partial charge on any atom is 0.404 e. The fraction of sp³-hybridized carbons (Fsp3) is 0.0870. The van der Waals surface area contributed by atoms with Crippen LogP contribution in [0.1, 0.15) is 0 Å². The van der Waals surface area contributed by atoms with Crippen LogP contribution >= 0.6 is 11.6 Å². The van der Waals surface area contributed by atoms with Crippen LogP contribution < -0.4 is 15.4 Å². The molecular formula is C23H18ClN5O4. The van der Waals surface area contributed by atoms with E-state index in [-0.39, 0.29) is 6.54 Å². The standard InChI is InChI=1S/C23H18ClN5O4/c24-16-12-14(4-5-20(16)33-19-3-1-2-18-15(19)7-11-32-18)28-22-21-17(26-13-27-22)6-9-29(21)10-8-25-23(30)31/h1-7,9,11-13,25H,8,10H2,(H,30,31)(H,26,27,28). The number of hydrogen-bond acceptors (Lipinski definition) is 6. The molecule has 0 aliphatic rings. The van der Waals surface area contributed by atoms with E-state index < -0.39 is 6.09 Å². The monoisotopic (exact) mass is 463 g/mol. The second-order valence-corrected chi connectivity index (χ2v) is 7.57. The van der Waals surface area contributed by atoms with Crippen LogP contribution in [-0.4, -0.2) is 32.3 Å². The Hall–Kier alpha value is -4.24. The summed E-state index contributed by atoms with van der Waals surface area (Å²) in [5, 5.41) is 15.7. The number of benzene rings is 2. The molecule has 0 atom stereocenters. The Morgan fingerprint density at radius 1 is 1.15 bits per heavy atom. The number of ether oxygens (including phenoxy) is 1. The number of carbonyl (C=O) groups is 1. The van der Waals surface area contributed by atoms with Gasteiger partial charge >= 0.3 is 6.09 Å². The first-order valence-corrected chi connectivity index (χ1v) is 10.4. The first-order valence-electron chi connectivity index (χ1n) is 10.1. The molecule has 0 saturated carbocycles. The number of amides is 1. The molecule has 5 rings (SSSR count). The first-order chi connectivity index (χ1) is 16.1. The first kappa shape index (κ1) is 20.7. The van der Waals surface area contributed by atoms with Crippen LogP contribution in [0, 0.1) is 0 Å². The van der Waals surface area contributed by atoms with Crippen LogP contribution in [0.5, 0.6) is 11.5 Å². The number of furan rings is 1. The Bertz CT molecular complexity index is 1460. The highest BCUT2D eigenvalue weighted by Crippen LogP contribution is 2.36. The SMILES string of the molecule is O=C(O)NCCn1ccc2ncnc(Nc3ccc(Oc4cccc5occc45)c(Cl)c3)c21. The third kappa shape index (κ3) is 4.26. The molecule has 3 N–H and O–H groups in total. The lowest BCUT2D eigenvalue weighted by Crippen LogP contribution is -2.25. The van der Waals surface area contributed by atoms with Gasteiger partial charge in [-0.2, -0.15) is 0 Å². The average Bonchev–Trinajstić information content (AvgIpc) is 3.44. The topological polar surface area (TPSA) is 114 Å². The van der Waals surface area contributed by atoms with Gasteiger partial charge in [-0.05, 0) is 42.5 Å². The van der Waals surface area contributed by atoms with E-state index in [1.807, 2.05) is 47.2 Å². The summed E-state index contributed by atoms with van der Waals surface area (Å²) in [6.07, 6.45) is 3.85. The van der Waals surface area contributed by atoms with Crippen molar-refractivity contribution in [3.8, 4) is 11.5 Å². The van der Waals surface area contributed by atoms with Crippen LogP contribution in [-0.2, 0) is 6.54 Å². The van der Waals surface area contributed by atoms with E-state index in [9.17, 15) is 4.79 Å². The molecule has 0 saturated heterocycles. The smallest absolute Gasteiger partial charge is 0.404 e. The van der Waals surface area contributed by atoms with Crippen molar-refractivity contribution in [1.29, 1.82) is 0 Å². The Kier molecular flexibility index (Phi) is 5.45. The zero-order valence-corrected chi connectivity index (χ0v) is 17.9. The summed E-state index contributed by atoms with van der Waals surface area (Å²) in [6, 6.07) is 14.6. The van der Waals surface area contributed by atoms with E-state index in [4.69, 9.17) is 25.9 Å². The minimum atomic E-state index is -1.07. The molecule has 10 heteroatoms. The van der Waals surface area contributed by atoms with Crippen molar-refractivity contribution in [2.75, 3.05) is 11.9 Å².